The van der Waals surface area contributed by atoms with Gasteiger partial charge in [0, 0.05) is 29.6 Å². The molecule has 1 N–H and O–H groups in total. The maximum atomic E-state index is 12.8. The quantitative estimate of drug-likeness (QED) is 0.892. The normalized spacial score (nSPS) is 25.5. The van der Waals surface area contributed by atoms with Gasteiger partial charge in [0.1, 0.15) is 0 Å². The number of nitrogens with zero attached hydrogens (tertiary/aromatic N) is 1. The number of hydrogen-bond donors (Lipinski definition) is 1. The molecule has 0 aromatic heterocycles. The van der Waals surface area contributed by atoms with Gasteiger partial charge in [-0.1, -0.05) is 15.9 Å². The molecule has 19 heavy (non-hydrogen) atoms. The predicted molar refractivity (Wildman–Crippen MR) is 79.7 cm³/mol. The molecule has 1 aliphatic heterocycles. The third-order valence-electron chi connectivity index (χ3n) is 3.45. The van der Waals surface area contributed by atoms with Gasteiger partial charge in [-0.2, -0.15) is 4.31 Å². The molecule has 4 nitrogen and oxygen atoms in total. The first-order valence-corrected chi connectivity index (χ1v) is 8.57. The summed E-state index contributed by atoms with van der Waals surface area (Å²) in [7, 11) is -3.43. The predicted octanol–water partition coefficient (Wildman–Crippen LogP) is 2.13. The summed E-state index contributed by atoms with van der Waals surface area (Å²) in [6, 6.07) is 5.12. The van der Waals surface area contributed by atoms with Crippen LogP contribution in [0.3, 0.4) is 0 Å². The van der Waals surface area contributed by atoms with E-state index in [1.54, 1.807) is 22.5 Å². The molecular formula is C13H19BrN2O2S. The van der Waals surface area contributed by atoms with Crippen LogP contribution in [0, 0.1) is 6.92 Å². The average Bonchev–Trinajstić information content (AvgIpc) is 2.32. The Balaban J connectivity index is 2.43. The molecule has 0 radical (unpaired) electrons. The number of piperazine rings is 1. The lowest BCUT2D eigenvalue weighted by atomic mass is 10.2. The van der Waals surface area contributed by atoms with Gasteiger partial charge in [0.15, 0.2) is 0 Å². The minimum Gasteiger partial charge on any atom is -0.314 e. The topological polar surface area (TPSA) is 49.4 Å². The van der Waals surface area contributed by atoms with Crippen molar-refractivity contribution in [1.82, 2.24) is 9.62 Å². The van der Waals surface area contributed by atoms with E-state index in [4.69, 9.17) is 0 Å². The molecule has 106 valence electrons. The number of halogens is 1. The van der Waals surface area contributed by atoms with E-state index in [9.17, 15) is 8.42 Å². The molecular weight excluding hydrogens is 328 g/mol. The van der Waals surface area contributed by atoms with Gasteiger partial charge in [-0.25, -0.2) is 8.42 Å². The molecule has 0 amide bonds. The fraction of sp³-hybridized carbons (Fsp3) is 0.538. The van der Waals surface area contributed by atoms with Crippen molar-refractivity contribution in [2.45, 2.75) is 37.8 Å². The van der Waals surface area contributed by atoms with Gasteiger partial charge in [-0.05, 0) is 44.5 Å². The zero-order valence-electron chi connectivity index (χ0n) is 11.4. The molecule has 1 aromatic carbocycles. The lowest BCUT2D eigenvalue weighted by Gasteiger charge is -2.38. The van der Waals surface area contributed by atoms with Crippen LogP contribution >= 0.6 is 15.9 Å². The number of aryl methyl sites for hydroxylation is 1. The largest absolute Gasteiger partial charge is 0.314 e. The van der Waals surface area contributed by atoms with Gasteiger partial charge in [-0.15, -0.1) is 0 Å². The smallest absolute Gasteiger partial charge is 0.243 e. The van der Waals surface area contributed by atoms with E-state index in [1.807, 2.05) is 20.8 Å². The molecule has 2 atom stereocenters. The van der Waals surface area contributed by atoms with Gasteiger partial charge in [0.25, 0.3) is 0 Å². The van der Waals surface area contributed by atoms with E-state index in [0.29, 0.717) is 18.0 Å². The van der Waals surface area contributed by atoms with Crippen molar-refractivity contribution < 1.29 is 8.42 Å². The molecule has 0 saturated carbocycles. The fourth-order valence-electron chi connectivity index (χ4n) is 2.49. The number of sulfonamides is 1. The van der Waals surface area contributed by atoms with Crippen LogP contribution in [0.2, 0.25) is 0 Å². The highest BCUT2D eigenvalue weighted by Crippen LogP contribution is 2.26. The van der Waals surface area contributed by atoms with Gasteiger partial charge >= 0.3 is 0 Å². The fourth-order valence-corrected chi connectivity index (χ4v) is 4.64. The van der Waals surface area contributed by atoms with Crippen molar-refractivity contribution in [3.8, 4) is 0 Å². The van der Waals surface area contributed by atoms with Crippen LogP contribution < -0.4 is 5.32 Å². The molecule has 1 saturated heterocycles. The van der Waals surface area contributed by atoms with E-state index in [0.717, 1.165) is 10.0 Å². The molecule has 1 fully saturated rings. The summed E-state index contributed by atoms with van der Waals surface area (Å²) in [6.45, 7) is 7.16. The van der Waals surface area contributed by atoms with Crippen molar-refractivity contribution in [3.63, 3.8) is 0 Å². The third kappa shape index (κ3) is 2.86. The van der Waals surface area contributed by atoms with Gasteiger partial charge < -0.3 is 5.32 Å². The second-order valence-corrected chi connectivity index (χ2v) is 7.80. The molecule has 1 aromatic rings. The first-order chi connectivity index (χ1) is 8.84. The monoisotopic (exact) mass is 346 g/mol. The first-order valence-electron chi connectivity index (χ1n) is 6.34. The van der Waals surface area contributed by atoms with Crippen LogP contribution in [0.5, 0.6) is 0 Å². The molecule has 6 heteroatoms. The molecule has 2 unspecified atom stereocenters. The summed E-state index contributed by atoms with van der Waals surface area (Å²) >= 11 is 3.40. The Kier molecular flexibility index (Phi) is 4.35. The molecule has 1 aliphatic rings. The SMILES string of the molecule is Cc1cc(S(=O)(=O)N2C(C)CNCC2C)ccc1Br. The van der Waals surface area contributed by atoms with Crippen LogP contribution in [0.15, 0.2) is 27.6 Å². The van der Waals surface area contributed by atoms with Crippen LogP contribution in [0.1, 0.15) is 19.4 Å². The summed E-state index contributed by atoms with van der Waals surface area (Å²) in [5.74, 6) is 0. The highest BCUT2D eigenvalue weighted by Gasteiger charge is 2.35. The Morgan fingerprint density at radius 2 is 1.84 bits per heavy atom. The Morgan fingerprint density at radius 1 is 1.26 bits per heavy atom. The molecule has 0 bridgehead atoms. The zero-order chi connectivity index (χ0) is 14.2. The van der Waals surface area contributed by atoms with Gasteiger partial charge in [0.05, 0.1) is 4.90 Å². The van der Waals surface area contributed by atoms with Crippen LogP contribution in [0.25, 0.3) is 0 Å². The van der Waals surface area contributed by atoms with E-state index in [2.05, 4.69) is 21.2 Å². The summed E-state index contributed by atoms with van der Waals surface area (Å²) in [5, 5.41) is 3.24. The Hall–Kier alpha value is -0.430. The van der Waals surface area contributed by atoms with E-state index < -0.39 is 10.0 Å². The minimum absolute atomic E-state index is 0.0299. The lowest BCUT2D eigenvalue weighted by molar-refractivity contribution is 0.220. The highest BCUT2D eigenvalue weighted by atomic mass is 79.9. The van der Waals surface area contributed by atoms with Crippen molar-refractivity contribution in [2.24, 2.45) is 0 Å². The lowest BCUT2D eigenvalue weighted by Crippen LogP contribution is -2.57. The maximum Gasteiger partial charge on any atom is 0.243 e. The maximum absolute atomic E-state index is 12.8. The van der Waals surface area contributed by atoms with E-state index in [-0.39, 0.29) is 12.1 Å². The first kappa shape index (κ1) is 15.0. The van der Waals surface area contributed by atoms with Crippen molar-refractivity contribution in [1.29, 1.82) is 0 Å². The van der Waals surface area contributed by atoms with Crippen LogP contribution in [-0.2, 0) is 10.0 Å². The zero-order valence-corrected chi connectivity index (χ0v) is 13.8. The molecule has 0 spiro atoms. The number of benzene rings is 1. The second-order valence-electron chi connectivity index (χ2n) is 5.10. The Labute approximate surface area is 123 Å². The van der Waals surface area contributed by atoms with Gasteiger partial charge in [0.2, 0.25) is 10.0 Å². The molecule has 1 heterocycles. The summed E-state index contributed by atoms with van der Waals surface area (Å²) in [4.78, 5) is 0.369. The van der Waals surface area contributed by atoms with Crippen molar-refractivity contribution in [2.75, 3.05) is 13.1 Å². The summed E-state index contributed by atoms with van der Waals surface area (Å²) in [5.41, 5.74) is 0.927. The summed E-state index contributed by atoms with van der Waals surface area (Å²) < 4.78 is 28.1. The minimum atomic E-state index is -3.43. The number of nitrogens with one attached hydrogen (secondary N) is 1. The van der Waals surface area contributed by atoms with Gasteiger partial charge in [-0.3, -0.25) is 0 Å². The Bertz CT molecular complexity index is 564. The van der Waals surface area contributed by atoms with E-state index in [1.165, 1.54) is 0 Å². The second kappa shape index (κ2) is 5.52. The van der Waals surface area contributed by atoms with Crippen molar-refractivity contribution >= 4 is 26.0 Å². The van der Waals surface area contributed by atoms with E-state index >= 15 is 0 Å². The third-order valence-corrected chi connectivity index (χ3v) is 6.47. The highest BCUT2D eigenvalue weighted by molar-refractivity contribution is 9.10. The van der Waals surface area contributed by atoms with Crippen LogP contribution in [-0.4, -0.2) is 37.9 Å². The standard InChI is InChI=1S/C13H19BrN2O2S/c1-9-6-12(4-5-13(9)14)19(17,18)16-10(2)7-15-8-11(16)3/h4-6,10-11,15H,7-8H2,1-3H3. The molecule has 2 rings (SSSR count). The van der Waals surface area contributed by atoms with Crippen molar-refractivity contribution in [3.05, 3.63) is 28.2 Å². The summed E-state index contributed by atoms with van der Waals surface area (Å²) in [6.07, 6.45) is 0. The molecule has 0 aliphatic carbocycles. The average molecular weight is 347 g/mol. The van der Waals surface area contributed by atoms with Crippen LogP contribution in [0.4, 0.5) is 0 Å². The Morgan fingerprint density at radius 3 is 2.37 bits per heavy atom. The number of hydrogen-bond acceptors (Lipinski definition) is 3. The number of rotatable bonds is 2.